The molecular weight excluding hydrogens is 534 g/mol. The van der Waals surface area contributed by atoms with Gasteiger partial charge in [-0.3, -0.25) is 4.90 Å². The summed E-state index contributed by atoms with van der Waals surface area (Å²) in [6.45, 7) is 7.86. The number of aryl methyl sites for hydroxylation is 1. The second-order valence-electron chi connectivity index (χ2n) is 8.08. The van der Waals surface area contributed by atoms with Gasteiger partial charge in [-0.05, 0) is 41.4 Å². The first-order valence-corrected chi connectivity index (χ1v) is 11.6. The second-order valence-corrected chi connectivity index (χ2v) is 8.86. The van der Waals surface area contributed by atoms with Crippen LogP contribution >= 0.6 is 11.3 Å². The molecule has 4 heterocycles. The fourth-order valence-electron chi connectivity index (χ4n) is 3.49. The van der Waals surface area contributed by atoms with Crippen LogP contribution in [0.2, 0.25) is 0 Å². The van der Waals surface area contributed by atoms with Crippen molar-refractivity contribution in [3.63, 3.8) is 0 Å². The third-order valence-corrected chi connectivity index (χ3v) is 5.92. The molecule has 9 nitrogen and oxygen atoms in total. The molecule has 2 N–H and O–H groups in total. The molecule has 2 aliphatic rings. The van der Waals surface area contributed by atoms with Crippen molar-refractivity contribution in [3.05, 3.63) is 40.2 Å². The SMILES string of the molecule is Cc1ccc(N2C[C@@H]3CN(Cc4ccsc4)CCO[C@@H]3C2)nn1.O=C(O)C(F)(F)F.O=C(O)C(F)(F)F. The number of hydrogen-bond acceptors (Lipinski definition) is 8. The number of halogens is 6. The number of carboxylic acid groups (broad SMARTS) is 2. The molecule has 0 saturated carbocycles. The van der Waals surface area contributed by atoms with Crippen LogP contribution in [0.4, 0.5) is 32.2 Å². The minimum atomic E-state index is -5.08. The highest BCUT2D eigenvalue weighted by atomic mass is 32.1. The summed E-state index contributed by atoms with van der Waals surface area (Å²) in [5.74, 6) is -4.00. The van der Waals surface area contributed by atoms with Crippen LogP contribution < -0.4 is 4.90 Å². The fraction of sp³-hybridized carbons (Fsp3) is 0.524. The minimum Gasteiger partial charge on any atom is -0.475 e. The number of ether oxygens (including phenoxy) is 1. The van der Waals surface area contributed by atoms with Crippen molar-refractivity contribution in [2.24, 2.45) is 5.92 Å². The molecule has 2 aliphatic heterocycles. The van der Waals surface area contributed by atoms with E-state index in [1.165, 1.54) is 5.56 Å². The molecule has 2 aromatic rings. The number of rotatable bonds is 3. The van der Waals surface area contributed by atoms with Crippen molar-refractivity contribution < 1.29 is 50.9 Å². The molecular formula is C21H24F6N4O5S. The zero-order valence-electron chi connectivity index (χ0n) is 19.4. The average Bonchev–Trinajstić information content (AvgIpc) is 3.40. The molecule has 37 heavy (non-hydrogen) atoms. The second kappa shape index (κ2) is 13.0. The van der Waals surface area contributed by atoms with Gasteiger partial charge in [0.1, 0.15) is 0 Å². The fourth-order valence-corrected chi connectivity index (χ4v) is 4.15. The first kappa shape index (κ1) is 30.2. The third-order valence-electron chi connectivity index (χ3n) is 5.19. The van der Waals surface area contributed by atoms with E-state index >= 15 is 0 Å². The summed E-state index contributed by atoms with van der Waals surface area (Å²) >= 11 is 1.77. The Bertz CT molecular complexity index is 980. The van der Waals surface area contributed by atoms with Crippen LogP contribution in [0, 0.1) is 12.8 Å². The summed E-state index contributed by atoms with van der Waals surface area (Å²) in [6.07, 6.45) is -9.86. The molecule has 4 rings (SSSR count). The molecule has 0 unspecified atom stereocenters. The quantitative estimate of drug-likeness (QED) is 0.547. The lowest BCUT2D eigenvalue weighted by atomic mass is 10.1. The summed E-state index contributed by atoms with van der Waals surface area (Å²) < 4.78 is 69.6. The number of aromatic nitrogens is 2. The largest absolute Gasteiger partial charge is 0.490 e. The van der Waals surface area contributed by atoms with Gasteiger partial charge in [-0.2, -0.15) is 42.8 Å². The molecule has 16 heteroatoms. The predicted octanol–water partition coefficient (Wildman–Crippen LogP) is 3.45. The van der Waals surface area contributed by atoms with Gasteiger partial charge in [0.15, 0.2) is 5.82 Å². The Morgan fingerprint density at radius 2 is 1.65 bits per heavy atom. The van der Waals surface area contributed by atoms with Gasteiger partial charge in [-0.1, -0.05) is 0 Å². The van der Waals surface area contributed by atoms with Gasteiger partial charge in [0, 0.05) is 38.6 Å². The van der Waals surface area contributed by atoms with E-state index in [4.69, 9.17) is 24.5 Å². The Morgan fingerprint density at radius 3 is 2.14 bits per heavy atom. The number of nitrogens with zero attached hydrogens (tertiary/aromatic N) is 4. The molecule has 2 fully saturated rings. The van der Waals surface area contributed by atoms with Crippen LogP contribution in [0.1, 0.15) is 11.3 Å². The molecule has 2 atom stereocenters. The van der Waals surface area contributed by atoms with Crippen LogP contribution in [-0.4, -0.2) is 88.5 Å². The molecule has 0 aliphatic carbocycles. The lowest BCUT2D eigenvalue weighted by molar-refractivity contribution is -0.193. The lowest BCUT2D eigenvalue weighted by Crippen LogP contribution is -2.32. The van der Waals surface area contributed by atoms with E-state index in [0.717, 1.165) is 50.8 Å². The van der Waals surface area contributed by atoms with Crippen molar-refractivity contribution in [2.45, 2.75) is 31.9 Å². The Morgan fingerprint density at radius 1 is 1.03 bits per heavy atom. The molecule has 2 aromatic heterocycles. The maximum atomic E-state index is 10.6. The summed E-state index contributed by atoms with van der Waals surface area (Å²) in [4.78, 5) is 22.6. The summed E-state index contributed by atoms with van der Waals surface area (Å²) in [6, 6.07) is 6.31. The lowest BCUT2D eigenvalue weighted by Gasteiger charge is -2.23. The van der Waals surface area contributed by atoms with Crippen LogP contribution in [-0.2, 0) is 20.9 Å². The number of fused-ring (bicyclic) bond motifs is 1. The van der Waals surface area contributed by atoms with Crippen LogP contribution in [0.3, 0.4) is 0 Å². The van der Waals surface area contributed by atoms with Crippen LogP contribution in [0.15, 0.2) is 29.0 Å². The van der Waals surface area contributed by atoms with E-state index in [1.54, 1.807) is 11.3 Å². The van der Waals surface area contributed by atoms with Crippen molar-refractivity contribution in [3.8, 4) is 0 Å². The number of thiophene rings is 1. The topological polar surface area (TPSA) is 116 Å². The van der Waals surface area contributed by atoms with E-state index < -0.39 is 24.3 Å². The molecule has 0 amide bonds. The molecule has 2 saturated heterocycles. The Labute approximate surface area is 211 Å². The number of hydrogen-bond donors (Lipinski definition) is 2. The van der Waals surface area contributed by atoms with E-state index in [0.29, 0.717) is 12.0 Å². The predicted molar refractivity (Wildman–Crippen MR) is 119 cm³/mol. The van der Waals surface area contributed by atoms with Gasteiger partial charge >= 0.3 is 24.3 Å². The van der Waals surface area contributed by atoms with E-state index in [-0.39, 0.29) is 0 Å². The van der Waals surface area contributed by atoms with Gasteiger partial charge < -0.3 is 19.8 Å². The first-order chi connectivity index (χ1) is 17.2. The van der Waals surface area contributed by atoms with Crippen molar-refractivity contribution >= 4 is 29.1 Å². The van der Waals surface area contributed by atoms with Gasteiger partial charge in [0.25, 0.3) is 0 Å². The van der Waals surface area contributed by atoms with Crippen molar-refractivity contribution in [2.75, 3.05) is 37.7 Å². The zero-order chi connectivity index (χ0) is 27.8. The van der Waals surface area contributed by atoms with Gasteiger partial charge in [-0.25, -0.2) is 9.59 Å². The molecule has 0 bridgehead atoms. The molecule has 0 aromatic carbocycles. The average molecular weight is 559 g/mol. The Balaban J connectivity index is 0.000000286. The van der Waals surface area contributed by atoms with Gasteiger partial charge in [-0.15, -0.1) is 5.10 Å². The van der Waals surface area contributed by atoms with Crippen molar-refractivity contribution in [1.29, 1.82) is 0 Å². The molecule has 0 spiro atoms. The number of alkyl halides is 6. The maximum Gasteiger partial charge on any atom is 0.490 e. The number of carbonyl (C=O) groups is 2. The molecule has 0 radical (unpaired) electrons. The zero-order valence-corrected chi connectivity index (χ0v) is 20.2. The van der Waals surface area contributed by atoms with Gasteiger partial charge in [0.2, 0.25) is 0 Å². The third kappa shape index (κ3) is 10.1. The standard InChI is InChI=1S/C17H22N4OS.2C2HF3O2/c1-13-2-3-17(19-18-13)21-10-15-9-20(5-6-22-16(15)11-21)8-14-4-7-23-12-14;2*3-2(4,5)1(6)7/h2-4,7,12,15-16H,5-6,8-11H2,1H3;2*(H,6,7)/t15-,16+;;/m0../s1. The normalized spacial score (nSPS) is 20.0. The minimum absolute atomic E-state index is 0.311. The maximum absolute atomic E-state index is 10.6. The summed E-state index contributed by atoms with van der Waals surface area (Å²) in [5.41, 5.74) is 2.37. The highest BCUT2D eigenvalue weighted by molar-refractivity contribution is 7.07. The summed E-state index contributed by atoms with van der Waals surface area (Å²) in [7, 11) is 0. The van der Waals surface area contributed by atoms with Crippen LogP contribution in [0.25, 0.3) is 0 Å². The van der Waals surface area contributed by atoms with E-state index in [2.05, 4.69) is 42.9 Å². The Hall–Kier alpha value is -2.98. The highest BCUT2D eigenvalue weighted by Crippen LogP contribution is 2.27. The number of carboxylic acids is 2. The van der Waals surface area contributed by atoms with Crippen LogP contribution in [0.5, 0.6) is 0 Å². The Kier molecular flexibility index (Phi) is 10.6. The van der Waals surface area contributed by atoms with Gasteiger partial charge in [0.05, 0.1) is 18.4 Å². The smallest absolute Gasteiger partial charge is 0.475 e. The summed E-state index contributed by atoms with van der Waals surface area (Å²) in [5, 5.41) is 27.2. The number of aliphatic carboxylic acids is 2. The highest BCUT2D eigenvalue weighted by Gasteiger charge is 2.39. The number of anilines is 1. The molecule has 206 valence electrons. The van der Waals surface area contributed by atoms with E-state index in [9.17, 15) is 26.3 Å². The monoisotopic (exact) mass is 558 g/mol. The van der Waals surface area contributed by atoms with E-state index in [1.807, 2.05) is 13.0 Å². The first-order valence-electron chi connectivity index (χ1n) is 10.7. The van der Waals surface area contributed by atoms with Crippen molar-refractivity contribution in [1.82, 2.24) is 15.1 Å².